The molecule has 2 N–H and O–H groups in total. The molecule has 2 heterocycles. The molecule has 6 nitrogen and oxygen atoms in total. The maximum Gasteiger partial charge on any atom is 0.323 e. The molecule has 0 bridgehead atoms. The summed E-state index contributed by atoms with van der Waals surface area (Å²) in [4.78, 5) is 45.6. The van der Waals surface area contributed by atoms with Crippen molar-refractivity contribution in [3.05, 3.63) is 131 Å². The summed E-state index contributed by atoms with van der Waals surface area (Å²) in [6, 6.07) is 33.4. The van der Waals surface area contributed by atoms with E-state index in [9.17, 15) is 14.4 Å². The van der Waals surface area contributed by atoms with E-state index in [2.05, 4.69) is 24.5 Å². The summed E-state index contributed by atoms with van der Waals surface area (Å²) in [7, 11) is 0. The average molecular weight is 558 g/mol. The van der Waals surface area contributed by atoms with Gasteiger partial charge in [0.05, 0.1) is 5.92 Å². The lowest BCUT2D eigenvalue weighted by Crippen LogP contribution is -2.57. The molecule has 2 aliphatic rings. The standard InChI is InChI=1S/C36H35N3O3/c1-3-14-30-31(25-16-7-5-8-17-25)32(33(40)26-18-9-6-10-19-26)36(28-21-11-12-22-29(28)38-34(36)41)39(30)35(42)37-27-20-13-15-24(4-2)23-27/h5-13,15-23,30-32H,3-4,14H2,1-2H3,(H,37,42)(H,38,41). The number of carbonyl (C=O) groups is 3. The maximum atomic E-state index is 14.8. The first-order valence-corrected chi connectivity index (χ1v) is 14.7. The van der Waals surface area contributed by atoms with Gasteiger partial charge in [-0.1, -0.05) is 111 Å². The molecular formula is C36H35N3O3. The third-order valence-electron chi connectivity index (χ3n) is 8.78. The number of anilines is 2. The molecule has 1 fully saturated rings. The van der Waals surface area contributed by atoms with E-state index in [1.54, 1.807) is 17.0 Å². The molecule has 4 aromatic carbocycles. The van der Waals surface area contributed by atoms with Crippen LogP contribution in [0.25, 0.3) is 0 Å². The lowest BCUT2D eigenvalue weighted by Gasteiger charge is -2.39. The number of hydrogen-bond acceptors (Lipinski definition) is 3. The van der Waals surface area contributed by atoms with Gasteiger partial charge < -0.3 is 15.5 Å². The van der Waals surface area contributed by atoms with Gasteiger partial charge in [-0.3, -0.25) is 9.59 Å². The Bertz CT molecular complexity index is 1620. The Labute approximate surface area is 246 Å². The van der Waals surface area contributed by atoms with E-state index >= 15 is 0 Å². The van der Waals surface area contributed by atoms with Crippen molar-refractivity contribution in [1.29, 1.82) is 0 Å². The van der Waals surface area contributed by atoms with E-state index in [0.717, 1.165) is 24.0 Å². The van der Waals surface area contributed by atoms with Crippen LogP contribution in [0.2, 0.25) is 0 Å². The van der Waals surface area contributed by atoms with Gasteiger partial charge in [-0.2, -0.15) is 0 Å². The van der Waals surface area contributed by atoms with Crippen LogP contribution in [0, 0.1) is 5.92 Å². The van der Waals surface area contributed by atoms with Crippen LogP contribution in [0.1, 0.15) is 59.7 Å². The van der Waals surface area contributed by atoms with Gasteiger partial charge in [0.15, 0.2) is 11.3 Å². The number of hydrogen-bond donors (Lipinski definition) is 2. The van der Waals surface area contributed by atoms with E-state index < -0.39 is 29.4 Å². The highest BCUT2D eigenvalue weighted by atomic mass is 16.2. The van der Waals surface area contributed by atoms with Crippen molar-refractivity contribution < 1.29 is 14.4 Å². The molecule has 6 heteroatoms. The summed E-state index contributed by atoms with van der Waals surface area (Å²) < 4.78 is 0. The van der Waals surface area contributed by atoms with E-state index in [1.165, 1.54) is 0 Å². The first-order valence-electron chi connectivity index (χ1n) is 14.7. The molecule has 2 aliphatic heterocycles. The van der Waals surface area contributed by atoms with E-state index in [1.807, 2.05) is 97.1 Å². The molecule has 3 amide bonds. The third-order valence-corrected chi connectivity index (χ3v) is 8.78. The maximum absolute atomic E-state index is 14.8. The predicted octanol–water partition coefficient (Wildman–Crippen LogP) is 7.40. The van der Waals surface area contributed by atoms with Gasteiger partial charge in [-0.15, -0.1) is 0 Å². The van der Waals surface area contributed by atoms with E-state index in [4.69, 9.17) is 0 Å². The molecule has 212 valence electrons. The smallest absolute Gasteiger partial charge is 0.323 e. The molecule has 0 aliphatic carbocycles. The van der Waals surface area contributed by atoms with Gasteiger partial charge >= 0.3 is 6.03 Å². The summed E-state index contributed by atoms with van der Waals surface area (Å²) >= 11 is 0. The number of rotatable bonds is 7. The molecular weight excluding hydrogens is 522 g/mol. The average Bonchev–Trinajstić information content (AvgIpc) is 3.49. The number of Topliss-reactive ketones (excluding diaryl/α,β-unsaturated/α-hetero) is 1. The van der Waals surface area contributed by atoms with Crippen molar-refractivity contribution in [3.8, 4) is 0 Å². The second-order valence-corrected chi connectivity index (χ2v) is 11.1. The first-order chi connectivity index (χ1) is 20.5. The Morgan fingerprint density at radius 2 is 1.55 bits per heavy atom. The number of urea groups is 1. The zero-order valence-electron chi connectivity index (χ0n) is 23.9. The number of carbonyl (C=O) groups excluding carboxylic acids is 3. The van der Waals surface area contributed by atoms with Crippen molar-refractivity contribution >= 4 is 29.1 Å². The Morgan fingerprint density at radius 3 is 2.26 bits per heavy atom. The minimum absolute atomic E-state index is 0.152. The summed E-state index contributed by atoms with van der Waals surface area (Å²) in [5, 5.41) is 6.17. The Kier molecular flexibility index (Phi) is 7.38. The van der Waals surface area contributed by atoms with Crippen molar-refractivity contribution in [2.75, 3.05) is 10.6 Å². The first kappa shape index (κ1) is 27.5. The van der Waals surface area contributed by atoms with Crippen LogP contribution in [-0.4, -0.2) is 28.7 Å². The summed E-state index contributed by atoms with van der Waals surface area (Å²) in [5.41, 5.74) is 2.95. The molecule has 4 unspecified atom stereocenters. The van der Waals surface area contributed by atoms with Crippen LogP contribution >= 0.6 is 0 Å². The zero-order chi connectivity index (χ0) is 29.3. The zero-order valence-corrected chi connectivity index (χ0v) is 23.9. The fourth-order valence-electron chi connectivity index (χ4n) is 7.06. The largest absolute Gasteiger partial charge is 0.323 e. The van der Waals surface area contributed by atoms with Crippen LogP contribution < -0.4 is 10.6 Å². The Morgan fingerprint density at radius 1 is 0.857 bits per heavy atom. The number of aryl methyl sites for hydroxylation is 1. The number of benzene rings is 4. The second-order valence-electron chi connectivity index (χ2n) is 11.1. The monoisotopic (exact) mass is 557 g/mol. The van der Waals surface area contributed by atoms with Crippen molar-refractivity contribution in [2.24, 2.45) is 5.92 Å². The highest BCUT2D eigenvalue weighted by Crippen LogP contribution is 2.59. The van der Waals surface area contributed by atoms with Crippen molar-refractivity contribution in [1.82, 2.24) is 4.90 Å². The highest BCUT2D eigenvalue weighted by molar-refractivity contribution is 6.14. The van der Waals surface area contributed by atoms with E-state index in [0.29, 0.717) is 28.9 Å². The summed E-state index contributed by atoms with van der Waals surface area (Å²) in [6.07, 6.45) is 2.22. The minimum atomic E-state index is -1.55. The molecule has 0 saturated carbocycles. The van der Waals surface area contributed by atoms with Gasteiger partial charge in [0.25, 0.3) is 5.91 Å². The molecule has 4 atom stereocenters. The van der Waals surface area contributed by atoms with Crippen molar-refractivity contribution in [2.45, 2.75) is 50.6 Å². The predicted molar refractivity (Wildman–Crippen MR) is 166 cm³/mol. The van der Waals surface area contributed by atoms with Gasteiger partial charge in [-0.05, 0) is 42.2 Å². The van der Waals surface area contributed by atoms with Gasteiger partial charge in [-0.25, -0.2) is 4.79 Å². The van der Waals surface area contributed by atoms with Crippen LogP contribution in [0.5, 0.6) is 0 Å². The summed E-state index contributed by atoms with van der Waals surface area (Å²) in [6.45, 7) is 4.14. The number of nitrogens with one attached hydrogen (secondary N) is 2. The number of ketones is 1. The number of nitrogens with zero attached hydrogens (tertiary/aromatic N) is 1. The second kappa shape index (κ2) is 11.3. The molecule has 42 heavy (non-hydrogen) atoms. The Hall–Kier alpha value is -4.71. The normalized spacial score (nSPS) is 22.6. The molecule has 0 radical (unpaired) electrons. The summed E-state index contributed by atoms with van der Waals surface area (Å²) in [5.74, 6) is -1.77. The van der Waals surface area contributed by atoms with E-state index in [-0.39, 0.29) is 11.7 Å². The fourth-order valence-corrected chi connectivity index (χ4v) is 7.06. The van der Waals surface area contributed by atoms with Crippen LogP contribution in [0.4, 0.5) is 16.2 Å². The van der Waals surface area contributed by atoms with Crippen molar-refractivity contribution in [3.63, 3.8) is 0 Å². The molecule has 0 aromatic heterocycles. The topological polar surface area (TPSA) is 78.5 Å². The van der Waals surface area contributed by atoms with Crippen LogP contribution in [0.3, 0.4) is 0 Å². The third kappa shape index (κ3) is 4.38. The molecule has 4 aromatic rings. The number of para-hydroxylation sites is 1. The van der Waals surface area contributed by atoms with Gasteiger partial charge in [0.2, 0.25) is 0 Å². The molecule has 6 rings (SSSR count). The SMILES string of the molecule is CCCC1C(c2ccccc2)C(C(=O)c2ccccc2)C2(C(=O)Nc3ccccc32)N1C(=O)Nc1cccc(CC)c1. The van der Waals surface area contributed by atoms with Gasteiger partial charge in [0.1, 0.15) is 0 Å². The lowest BCUT2D eigenvalue weighted by atomic mass is 9.69. The molecule has 1 saturated heterocycles. The van der Waals surface area contributed by atoms with Crippen LogP contribution in [0.15, 0.2) is 109 Å². The Balaban J connectivity index is 1.61. The highest BCUT2D eigenvalue weighted by Gasteiger charge is 2.69. The molecule has 1 spiro atoms. The lowest BCUT2D eigenvalue weighted by molar-refractivity contribution is -0.126. The quantitative estimate of drug-likeness (QED) is 0.233. The van der Waals surface area contributed by atoms with Crippen LogP contribution in [-0.2, 0) is 16.8 Å². The van der Waals surface area contributed by atoms with Gasteiger partial charge in [0, 0.05) is 34.5 Å². The minimum Gasteiger partial charge on any atom is -0.323 e. The number of likely N-dealkylation sites (tertiary alicyclic amines) is 1. The number of fused-ring (bicyclic) bond motifs is 2. The fraction of sp³-hybridized carbons (Fsp3) is 0.250. The number of amides is 3.